The summed E-state index contributed by atoms with van der Waals surface area (Å²) < 4.78 is 4.52. The molecule has 3 rings (SSSR count). The molecule has 1 aliphatic heterocycles. The van der Waals surface area contributed by atoms with Crippen molar-refractivity contribution in [1.29, 1.82) is 0 Å². The first-order valence-corrected chi connectivity index (χ1v) is 5.09. The van der Waals surface area contributed by atoms with Gasteiger partial charge in [0.15, 0.2) is 11.5 Å². The van der Waals surface area contributed by atoms with E-state index in [0.29, 0.717) is 11.2 Å². The molecule has 9 nitrogen and oxygen atoms in total. The molecular formula is C9H8N6O3. The number of anilines is 1. The van der Waals surface area contributed by atoms with Crippen molar-refractivity contribution in [3.8, 4) is 0 Å². The van der Waals surface area contributed by atoms with Crippen molar-refractivity contribution in [3.63, 3.8) is 0 Å². The molecule has 0 bridgehead atoms. The van der Waals surface area contributed by atoms with Crippen LogP contribution in [0.5, 0.6) is 0 Å². The highest BCUT2D eigenvalue weighted by atomic mass is 16.6. The summed E-state index contributed by atoms with van der Waals surface area (Å²) in [5.41, 5.74) is 6.45. The van der Waals surface area contributed by atoms with Crippen molar-refractivity contribution in [2.75, 3.05) is 11.4 Å². The zero-order valence-corrected chi connectivity index (χ0v) is 9.03. The summed E-state index contributed by atoms with van der Waals surface area (Å²) in [4.78, 5) is 38.7. The molecular weight excluding hydrogens is 240 g/mol. The van der Waals surface area contributed by atoms with E-state index >= 15 is 0 Å². The number of aromatic nitrogens is 4. The second kappa shape index (κ2) is 3.74. The van der Waals surface area contributed by atoms with Crippen molar-refractivity contribution in [3.05, 3.63) is 12.7 Å². The predicted octanol–water partition coefficient (Wildman–Crippen LogP) is -0.837. The Hall–Kier alpha value is -2.55. The highest BCUT2D eigenvalue weighted by Gasteiger charge is 2.34. The van der Waals surface area contributed by atoms with E-state index in [0.717, 1.165) is 0 Å². The molecule has 18 heavy (non-hydrogen) atoms. The molecule has 3 heterocycles. The highest BCUT2D eigenvalue weighted by molar-refractivity contribution is 6.03. The lowest BCUT2D eigenvalue weighted by Gasteiger charge is -2.27. The van der Waals surface area contributed by atoms with Gasteiger partial charge in [-0.1, -0.05) is 0 Å². The van der Waals surface area contributed by atoms with Crippen LogP contribution < -0.4 is 10.6 Å². The summed E-state index contributed by atoms with van der Waals surface area (Å²) in [5, 5.41) is 0. The number of carbonyl (C=O) groups excluding carboxylic acids is 2. The van der Waals surface area contributed by atoms with Crippen molar-refractivity contribution in [2.24, 2.45) is 5.73 Å². The third-order valence-electron chi connectivity index (χ3n) is 2.55. The Labute approximate surface area is 100.0 Å². The molecule has 9 heteroatoms. The van der Waals surface area contributed by atoms with Gasteiger partial charge in [-0.05, 0) is 0 Å². The van der Waals surface area contributed by atoms with Gasteiger partial charge in [0.05, 0.1) is 12.9 Å². The van der Waals surface area contributed by atoms with Gasteiger partial charge < -0.3 is 15.5 Å². The number of fused-ring (bicyclic) bond motifs is 1. The topological polar surface area (TPSA) is 127 Å². The Bertz CT molecular complexity index is 638. The first-order chi connectivity index (χ1) is 8.66. The molecule has 3 N–H and O–H groups in total. The van der Waals surface area contributed by atoms with Gasteiger partial charge in [-0.15, -0.1) is 0 Å². The van der Waals surface area contributed by atoms with Gasteiger partial charge in [0.25, 0.3) is 0 Å². The number of amides is 1. The van der Waals surface area contributed by atoms with Crippen LogP contribution >= 0.6 is 0 Å². The maximum Gasteiger partial charge on any atom is 0.423 e. The van der Waals surface area contributed by atoms with Gasteiger partial charge in [0.2, 0.25) is 0 Å². The molecule has 0 radical (unpaired) electrons. The summed E-state index contributed by atoms with van der Waals surface area (Å²) in [6.45, 7) is 0.00278. The maximum atomic E-state index is 11.6. The van der Waals surface area contributed by atoms with Crippen LogP contribution in [0.3, 0.4) is 0 Å². The minimum atomic E-state index is -0.893. The summed E-state index contributed by atoms with van der Waals surface area (Å²) in [6, 6.07) is -0.893. The number of aromatic amines is 1. The minimum absolute atomic E-state index is 0.00278. The molecule has 0 aliphatic carbocycles. The summed E-state index contributed by atoms with van der Waals surface area (Å²) in [5.74, 6) is -0.461. The van der Waals surface area contributed by atoms with E-state index in [1.165, 1.54) is 17.6 Å². The lowest BCUT2D eigenvalue weighted by Crippen LogP contribution is -2.53. The second-order valence-corrected chi connectivity index (χ2v) is 3.70. The van der Waals surface area contributed by atoms with Crippen molar-refractivity contribution < 1.29 is 14.3 Å². The Balaban J connectivity index is 2.06. The average molecular weight is 248 g/mol. The fourth-order valence-corrected chi connectivity index (χ4v) is 1.69. The predicted molar refractivity (Wildman–Crippen MR) is 58.5 cm³/mol. The van der Waals surface area contributed by atoms with Crippen LogP contribution in [0.15, 0.2) is 12.7 Å². The number of carbonyl (C=O) groups is 2. The molecule has 0 saturated carbocycles. The molecule has 1 amide bonds. The molecule has 1 fully saturated rings. The second-order valence-electron chi connectivity index (χ2n) is 3.70. The molecule has 1 aliphatic rings. The van der Waals surface area contributed by atoms with Crippen LogP contribution in [-0.4, -0.2) is 44.6 Å². The summed E-state index contributed by atoms with van der Waals surface area (Å²) >= 11 is 0. The monoisotopic (exact) mass is 248 g/mol. The Kier molecular flexibility index (Phi) is 2.20. The van der Waals surface area contributed by atoms with Gasteiger partial charge >= 0.3 is 12.1 Å². The van der Waals surface area contributed by atoms with Crippen LogP contribution in [0.25, 0.3) is 11.2 Å². The largest absolute Gasteiger partial charge is 0.423 e. The number of hydrogen-bond donors (Lipinski definition) is 2. The zero-order valence-electron chi connectivity index (χ0n) is 9.03. The first kappa shape index (κ1) is 10.6. The fraction of sp³-hybridized carbons (Fsp3) is 0.222. The van der Waals surface area contributed by atoms with E-state index in [9.17, 15) is 9.59 Å². The number of imidazole rings is 1. The van der Waals surface area contributed by atoms with E-state index in [-0.39, 0.29) is 12.4 Å². The number of H-pyrrole nitrogens is 1. The van der Waals surface area contributed by atoms with E-state index < -0.39 is 18.1 Å². The average Bonchev–Trinajstić information content (AvgIpc) is 2.82. The number of ether oxygens (including phenoxy) is 1. The Morgan fingerprint density at radius 1 is 1.39 bits per heavy atom. The van der Waals surface area contributed by atoms with E-state index in [1.807, 2.05) is 0 Å². The van der Waals surface area contributed by atoms with Gasteiger partial charge in [0.1, 0.15) is 17.9 Å². The number of rotatable bonds is 1. The van der Waals surface area contributed by atoms with Crippen molar-refractivity contribution in [1.82, 2.24) is 19.9 Å². The van der Waals surface area contributed by atoms with Crippen LogP contribution in [0.1, 0.15) is 0 Å². The molecule has 0 aromatic carbocycles. The summed E-state index contributed by atoms with van der Waals surface area (Å²) in [7, 11) is 0. The van der Waals surface area contributed by atoms with Crippen molar-refractivity contribution in [2.45, 2.75) is 6.04 Å². The standard InChI is InChI=1S/C9H8N6O3/c10-4-1-15(9(17)18-8(4)16)7-5-6(12-2-11-5)13-3-14-7/h2-4H,1,10H2,(H,11,12,13,14). The molecule has 1 unspecified atom stereocenters. The van der Waals surface area contributed by atoms with Crippen LogP contribution in [-0.2, 0) is 9.53 Å². The number of nitrogens with zero attached hydrogens (tertiary/aromatic N) is 4. The number of cyclic esters (lactones) is 2. The van der Waals surface area contributed by atoms with Crippen LogP contribution in [0.2, 0.25) is 0 Å². The maximum absolute atomic E-state index is 11.6. The van der Waals surface area contributed by atoms with E-state index in [4.69, 9.17) is 5.73 Å². The SMILES string of the molecule is NC1CN(c2ncnc3nc[nH]c23)C(=O)OC1=O. The molecule has 2 aromatic heterocycles. The number of esters is 1. The highest BCUT2D eigenvalue weighted by Crippen LogP contribution is 2.22. The summed E-state index contributed by atoms with van der Waals surface area (Å²) in [6.07, 6.45) is 1.90. The van der Waals surface area contributed by atoms with Gasteiger partial charge in [0, 0.05) is 0 Å². The van der Waals surface area contributed by atoms with Crippen molar-refractivity contribution >= 4 is 29.0 Å². The van der Waals surface area contributed by atoms with Gasteiger partial charge in [-0.2, -0.15) is 0 Å². The van der Waals surface area contributed by atoms with Gasteiger partial charge in [-0.3, -0.25) is 4.90 Å². The van der Waals surface area contributed by atoms with Gasteiger partial charge in [-0.25, -0.2) is 24.5 Å². The third-order valence-corrected chi connectivity index (χ3v) is 2.55. The molecule has 0 spiro atoms. The minimum Gasteiger partial charge on any atom is -0.375 e. The lowest BCUT2D eigenvalue weighted by molar-refractivity contribution is -0.139. The Morgan fingerprint density at radius 2 is 2.22 bits per heavy atom. The smallest absolute Gasteiger partial charge is 0.375 e. The number of nitrogens with two attached hydrogens (primary N) is 1. The number of hydrogen-bond acceptors (Lipinski definition) is 7. The number of nitrogens with one attached hydrogen (secondary N) is 1. The molecule has 1 atom stereocenters. The lowest BCUT2D eigenvalue weighted by atomic mass is 10.2. The fourth-order valence-electron chi connectivity index (χ4n) is 1.69. The molecule has 92 valence electrons. The Morgan fingerprint density at radius 3 is 3.06 bits per heavy atom. The van der Waals surface area contributed by atoms with E-state index in [2.05, 4.69) is 24.7 Å². The molecule has 2 aromatic rings. The first-order valence-electron chi connectivity index (χ1n) is 5.09. The van der Waals surface area contributed by atoms with E-state index in [1.54, 1.807) is 0 Å². The quantitative estimate of drug-likeness (QED) is 0.497. The van der Waals surface area contributed by atoms with Crippen LogP contribution in [0.4, 0.5) is 10.6 Å². The van der Waals surface area contributed by atoms with Crippen LogP contribution in [0, 0.1) is 0 Å². The molecule has 1 saturated heterocycles. The zero-order chi connectivity index (χ0) is 12.7. The normalized spacial score (nSPS) is 20.3. The third kappa shape index (κ3) is 1.49.